The van der Waals surface area contributed by atoms with E-state index in [0.29, 0.717) is 12.0 Å². The first kappa shape index (κ1) is 15.0. The third kappa shape index (κ3) is 4.34. The number of anilines is 1. The SMILES string of the molecule is CCC(C)N(C)c1ccccc1CNCC(C)C. The van der Waals surface area contributed by atoms with E-state index in [1.54, 1.807) is 0 Å². The Morgan fingerprint density at radius 3 is 2.44 bits per heavy atom. The average molecular weight is 248 g/mol. The minimum Gasteiger partial charge on any atom is -0.372 e. The second kappa shape index (κ2) is 7.42. The minimum atomic E-state index is 0.580. The Labute approximate surface area is 112 Å². The van der Waals surface area contributed by atoms with Crippen molar-refractivity contribution in [3.8, 4) is 0 Å². The molecule has 0 radical (unpaired) electrons. The fourth-order valence-electron chi connectivity index (χ4n) is 2.01. The van der Waals surface area contributed by atoms with Crippen LogP contribution in [0.3, 0.4) is 0 Å². The highest BCUT2D eigenvalue weighted by atomic mass is 15.1. The molecule has 0 saturated heterocycles. The van der Waals surface area contributed by atoms with Crippen molar-refractivity contribution in [2.45, 2.75) is 46.7 Å². The maximum Gasteiger partial charge on any atom is 0.0411 e. The van der Waals surface area contributed by atoms with Crippen molar-refractivity contribution < 1.29 is 0 Å². The quantitative estimate of drug-likeness (QED) is 0.792. The number of rotatable bonds is 7. The zero-order chi connectivity index (χ0) is 13.5. The molecule has 2 nitrogen and oxygen atoms in total. The van der Waals surface area contributed by atoms with Crippen LogP contribution in [0.4, 0.5) is 5.69 Å². The number of para-hydroxylation sites is 1. The van der Waals surface area contributed by atoms with Gasteiger partial charge in [-0.25, -0.2) is 0 Å². The predicted molar refractivity (Wildman–Crippen MR) is 81.1 cm³/mol. The summed E-state index contributed by atoms with van der Waals surface area (Å²) >= 11 is 0. The molecule has 0 aromatic heterocycles. The van der Waals surface area contributed by atoms with E-state index in [1.165, 1.54) is 17.7 Å². The lowest BCUT2D eigenvalue weighted by atomic mass is 10.1. The van der Waals surface area contributed by atoms with E-state index in [2.05, 4.69) is 69.2 Å². The van der Waals surface area contributed by atoms with E-state index in [0.717, 1.165) is 13.1 Å². The van der Waals surface area contributed by atoms with Gasteiger partial charge in [-0.2, -0.15) is 0 Å². The first-order valence-electron chi connectivity index (χ1n) is 7.07. The van der Waals surface area contributed by atoms with Crippen molar-refractivity contribution in [1.82, 2.24) is 5.32 Å². The van der Waals surface area contributed by atoms with Gasteiger partial charge in [0.1, 0.15) is 0 Å². The normalized spacial score (nSPS) is 12.8. The molecule has 0 aliphatic carbocycles. The summed E-state index contributed by atoms with van der Waals surface area (Å²) in [6.45, 7) is 11.0. The lowest BCUT2D eigenvalue weighted by Gasteiger charge is -2.28. The summed E-state index contributed by atoms with van der Waals surface area (Å²) in [6.07, 6.45) is 1.17. The van der Waals surface area contributed by atoms with Gasteiger partial charge in [0.2, 0.25) is 0 Å². The predicted octanol–water partition coefficient (Wildman–Crippen LogP) is 3.67. The highest BCUT2D eigenvalue weighted by molar-refractivity contribution is 5.53. The number of benzene rings is 1. The van der Waals surface area contributed by atoms with Gasteiger partial charge in [-0.15, -0.1) is 0 Å². The molecule has 0 aliphatic heterocycles. The average Bonchev–Trinajstić information content (AvgIpc) is 2.37. The Kier molecular flexibility index (Phi) is 6.20. The van der Waals surface area contributed by atoms with Crippen LogP contribution in [-0.2, 0) is 6.54 Å². The van der Waals surface area contributed by atoms with E-state index in [4.69, 9.17) is 0 Å². The third-order valence-electron chi connectivity index (χ3n) is 3.49. The number of nitrogens with zero attached hydrogens (tertiary/aromatic N) is 1. The molecule has 18 heavy (non-hydrogen) atoms. The Morgan fingerprint density at radius 2 is 1.83 bits per heavy atom. The third-order valence-corrected chi connectivity index (χ3v) is 3.49. The molecule has 0 amide bonds. The van der Waals surface area contributed by atoms with Crippen LogP contribution < -0.4 is 10.2 Å². The Balaban J connectivity index is 2.73. The van der Waals surface area contributed by atoms with Gasteiger partial charge in [0.25, 0.3) is 0 Å². The summed E-state index contributed by atoms with van der Waals surface area (Å²) in [6, 6.07) is 9.27. The molecule has 1 aromatic carbocycles. The van der Waals surface area contributed by atoms with Crippen molar-refractivity contribution in [1.29, 1.82) is 0 Å². The summed E-state index contributed by atoms with van der Waals surface area (Å²) in [4.78, 5) is 2.38. The Hall–Kier alpha value is -1.02. The van der Waals surface area contributed by atoms with Crippen LogP contribution in [0, 0.1) is 5.92 Å². The maximum atomic E-state index is 3.53. The lowest BCUT2D eigenvalue weighted by Crippen LogP contribution is -2.30. The molecule has 1 unspecified atom stereocenters. The summed E-state index contributed by atoms with van der Waals surface area (Å²) in [5.74, 6) is 0.699. The minimum absolute atomic E-state index is 0.580. The standard InChI is InChI=1S/C16H28N2/c1-6-14(4)18(5)16-10-8-7-9-15(16)12-17-11-13(2)3/h7-10,13-14,17H,6,11-12H2,1-5H3. The summed E-state index contributed by atoms with van der Waals surface area (Å²) < 4.78 is 0. The fourth-order valence-corrected chi connectivity index (χ4v) is 2.01. The smallest absolute Gasteiger partial charge is 0.0411 e. The molecule has 1 rings (SSSR count). The van der Waals surface area contributed by atoms with Crippen molar-refractivity contribution in [2.75, 3.05) is 18.5 Å². The van der Waals surface area contributed by atoms with Gasteiger partial charge in [0.15, 0.2) is 0 Å². The van der Waals surface area contributed by atoms with E-state index < -0.39 is 0 Å². The molecular formula is C16H28N2. The number of nitrogens with one attached hydrogen (secondary N) is 1. The number of hydrogen-bond donors (Lipinski definition) is 1. The monoisotopic (exact) mass is 248 g/mol. The molecule has 102 valence electrons. The van der Waals surface area contributed by atoms with Crippen molar-refractivity contribution >= 4 is 5.69 Å². The van der Waals surface area contributed by atoms with Gasteiger partial charge < -0.3 is 10.2 Å². The summed E-state index contributed by atoms with van der Waals surface area (Å²) in [7, 11) is 2.19. The fraction of sp³-hybridized carbons (Fsp3) is 0.625. The van der Waals surface area contributed by atoms with Crippen LogP contribution in [0.15, 0.2) is 24.3 Å². The molecule has 1 aromatic rings. The first-order valence-corrected chi connectivity index (χ1v) is 7.07. The molecular weight excluding hydrogens is 220 g/mol. The highest BCUT2D eigenvalue weighted by Gasteiger charge is 2.11. The molecule has 0 aliphatic rings. The second-order valence-corrected chi connectivity index (χ2v) is 5.52. The van der Waals surface area contributed by atoms with Crippen molar-refractivity contribution in [2.24, 2.45) is 5.92 Å². The zero-order valence-electron chi connectivity index (χ0n) is 12.5. The molecule has 0 saturated carbocycles. The molecule has 0 heterocycles. The molecule has 0 fully saturated rings. The van der Waals surface area contributed by atoms with E-state index in [1.807, 2.05) is 0 Å². The van der Waals surface area contributed by atoms with Gasteiger partial charge in [-0.3, -0.25) is 0 Å². The molecule has 1 N–H and O–H groups in total. The Bertz CT molecular complexity index is 347. The maximum absolute atomic E-state index is 3.53. The lowest BCUT2D eigenvalue weighted by molar-refractivity contribution is 0.551. The van der Waals surface area contributed by atoms with Crippen molar-refractivity contribution in [3.05, 3.63) is 29.8 Å². The molecule has 1 atom stereocenters. The summed E-state index contributed by atoms with van der Waals surface area (Å²) in [5, 5.41) is 3.53. The second-order valence-electron chi connectivity index (χ2n) is 5.52. The van der Waals surface area contributed by atoms with E-state index in [-0.39, 0.29) is 0 Å². The van der Waals surface area contributed by atoms with Gasteiger partial charge in [-0.05, 0) is 37.4 Å². The van der Waals surface area contributed by atoms with Gasteiger partial charge in [-0.1, -0.05) is 39.0 Å². The summed E-state index contributed by atoms with van der Waals surface area (Å²) in [5.41, 5.74) is 2.74. The van der Waals surface area contributed by atoms with E-state index >= 15 is 0 Å². The molecule has 2 heteroatoms. The number of hydrogen-bond acceptors (Lipinski definition) is 2. The largest absolute Gasteiger partial charge is 0.372 e. The van der Waals surface area contributed by atoms with E-state index in [9.17, 15) is 0 Å². The van der Waals surface area contributed by atoms with Crippen LogP contribution in [0.25, 0.3) is 0 Å². The van der Waals surface area contributed by atoms with Gasteiger partial charge >= 0.3 is 0 Å². The molecule has 0 bridgehead atoms. The first-order chi connectivity index (χ1) is 8.56. The Morgan fingerprint density at radius 1 is 1.17 bits per heavy atom. The highest BCUT2D eigenvalue weighted by Crippen LogP contribution is 2.21. The van der Waals surface area contributed by atoms with Gasteiger partial charge in [0, 0.05) is 25.3 Å². The molecule has 0 spiro atoms. The zero-order valence-corrected chi connectivity index (χ0v) is 12.5. The van der Waals surface area contributed by atoms with Crippen LogP contribution >= 0.6 is 0 Å². The topological polar surface area (TPSA) is 15.3 Å². The van der Waals surface area contributed by atoms with Crippen LogP contribution in [0.5, 0.6) is 0 Å². The van der Waals surface area contributed by atoms with Crippen molar-refractivity contribution in [3.63, 3.8) is 0 Å². The van der Waals surface area contributed by atoms with Crippen LogP contribution in [0.2, 0.25) is 0 Å². The van der Waals surface area contributed by atoms with Crippen LogP contribution in [-0.4, -0.2) is 19.6 Å². The van der Waals surface area contributed by atoms with Gasteiger partial charge in [0.05, 0.1) is 0 Å². The van der Waals surface area contributed by atoms with Crippen LogP contribution in [0.1, 0.15) is 39.7 Å².